The third-order valence-electron chi connectivity index (χ3n) is 2.58. The molecular formula is C14H13BrN2O4S. The Morgan fingerprint density at radius 3 is 2.86 bits per heavy atom. The number of carbonyl (C=O) groups excluding carboxylic acids is 2. The van der Waals surface area contributed by atoms with Crippen molar-refractivity contribution in [2.45, 2.75) is 6.92 Å². The first kappa shape index (κ1) is 16.4. The first-order valence-corrected chi connectivity index (χ1v) is 7.84. The fourth-order valence-corrected chi connectivity index (χ4v) is 2.87. The molecule has 0 radical (unpaired) electrons. The molecule has 1 aromatic carbocycles. The number of anilines is 1. The Morgan fingerprint density at radius 1 is 1.41 bits per heavy atom. The van der Waals surface area contributed by atoms with E-state index in [1.54, 1.807) is 19.1 Å². The van der Waals surface area contributed by atoms with E-state index in [0.29, 0.717) is 21.5 Å². The second-order valence-corrected chi connectivity index (χ2v) is 6.13. The van der Waals surface area contributed by atoms with Gasteiger partial charge >= 0.3 is 5.97 Å². The van der Waals surface area contributed by atoms with Gasteiger partial charge in [0.15, 0.2) is 11.7 Å². The number of carbonyl (C=O) groups is 2. The molecule has 0 aliphatic carbocycles. The van der Waals surface area contributed by atoms with Crippen LogP contribution < -0.4 is 10.1 Å². The third-order valence-corrected chi connectivity index (χ3v) is 4.13. The summed E-state index contributed by atoms with van der Waals surface area (Å²) in [5, 5.41) is 2.92. The number of hydrogen-bond acceptors (Lipinski definition) is 6. The fraction of sp³-hybridized carbons (Fsp3) is 0.214. The van der Waals surface area contributed by atoms with E-state index in [4.69, 9.17) is 4.74 Å². The van der Waals surface area contributed by atoms with Crippen molar-refractivity contribution in [2.24, 2.45) is 0 Å². The second kappa shape index (κ2) is 7.37. The van der Waals surface area contributed by atoms with Crippen LogP contribution in [0.25, 0.3) is 0 Å². The average molecular weight is 385 g/mol. The smallest absolute Gasteiger partial charge is 0.350 e. The van der Waals surface area contributed by atoms with Crippen LogP contribution in [0, 0.1) is 6.92 Å². The minimum Gasteiger partial charge on any atom is -0.484 e. The van der Waals surface area contributed by atoms with Crippen LogP contribution in [0.15, 0.2) is 28.7 Å². The molecule has 0 spiro atoms. The SMILES string of the molecule is COC(=O)c1sc(NC(=O)COc2cccc(Br)c2)nc1C. The molecule has 1 amide bonds. The maximum absolute atomic E-state index is 11.8. The lowest BCUT2D eigenvalue weighted by molar-refractivity contribution is -0.118. The van der Waals surface area contributed by atoms with Crippen molar-refractivity contribution >= 4 is 44.3 Å². The molecule has 2 rings (SSSR count). The summed E-state index contributed by atoms with van der Waals surface area (Å²) in [5.74, 6) is -0.249. The Hall–Kier alpha value is -1.93. The lowest BCUT2D eigenvalue weighted by Gasteiger charge is -2.05. The highest BCUT2D eigenvalue weighted by Crippen LogP contribution is 2.23. The largest absolute Gasteiger partial charge is 0.484 e. The zero-order valence-corrected chi connectivity index (χ0v) is 14.3. The summed E-state index contributed by atoms with van der Waals surface area (Å²) in [6.45, 7) is 1.53. The molecule has 0 aliphatic heterocycles. The molecule has 0 bridgehead atoms. The zero-order chi connectivity index (χ0) is 16.1. The molecule has 116 valence electrons. The summed E-state index contributed by atoms with van der Waals surface area (Å²) in [5.41, 5.74) is 0.514. The van der Waals surface area contributed by atoms with Crippen LogP contribution in [0.2, 0.25) is 0 Å². The van der Waals surface area contributed by atoms with E-state index in [2.05, 4.69) is 31.0 Å². The minimum atomic E-state index is -0.471. The Labute approximate surface area is 139 Å². The summed E-state index contributed by atoms with van der Waals surface area (Å²) in [6, 6.07) is 7.18. The van der Waals surface area contributed by atoms with Gasteiger partial charge in [0, 0.05) is 4.47 Å². The Balaban J connectivity index is 1.93. The number of nitrogens with one attached hydrogen (secondary N) is 1. The summed E-state index contributed by atoms with van der Waals surface area (Å²) in [4.78, 5) is 27.8. The van der Waals surface area contributed by atoms with Gasteiger partial charge in [-0.15, -0.1) is 0 Å². The second-order valence-electron chi connectivity index (χ2n) is 4.22. The third kappa shape index (κ3) is 4.28. The van der Waals surface area contributed by atoms with Crippen molar-refractivity contribution < 1.29 is 19.1 Å². The first-order valence-electron chi connectivity index (χ1n) is 6.23. The number of halogens is 1. The number of thiazole rings is 1. The lowest BCUT2D eigenvalue weighted by Crippen LogP contribution is -2.20. The van der Waals surface area contributed by atoms with Crippen LogP contribution in [0.5, 0.6) is 5.75 Å². The van der Waals surface area contributed by atoms with E-state index in [1.807, 2.05) is 12.1 Å². The summed E-state index contributed by atoms with van der Waals surface area (Å²) in [6.07, 6.45) is 0. The van der Waals surface area contributed by atoms with Crippen molar-refractivity contribution in [3.63, 3.8) is 0 Å². The van der Waals surface area contributed by atoms with Gasteiger partial charge in [0.1, 0.15) is 10.6 Å². The lowest BCUT2D eigenvalue weighted by atomic mass is 10.3. The van der Waals surface area contributed by atoms with Crippen molar-refractivity contribution in [1.82, 2.24) is 4.98 Å². The van der Waals surface area contributed by atoms with Gasteiger partial charge in [-0.2, -0.15) is 0 Å². The molecule has 0 saturated heterocycles. The highest BCUT2D eigenvalue weighted by atomic mass is 79.9. The molecule has 0 unspecified atom stereocenters. The molecule has 0 fully saturated rings. The van der Waals surface area contributed by atoms with Crippen LogP contribution >= 0.6 is 27.3 Å². The number of benzene rings is 1. The van der Waals surface area contributed by atoms with E-state index in [-0.39, 0.29) is 12.5 Å². The molecular weight excluding hydrogens is 372 g/mol. The summed E-state index contributed by atoms with van der Waals surface area (Å²) >= 11 is 4.39. The zero-order valence-electron chi connectivity index (χ0n) is 11.9. The number of hydrogen-bond donors (Lipinski definition) is 1. The van der Waals surface area contributed by atoms with Crippen molar-refractivity contribution in [1.29, 1.82) is 0 Å². The molecule has 1 N–H and O–H groups in total. The molecule has 0 atom stereocenters. The van der Waals surface area contributed by atoms with Gasteiger partial charge in [-0.1, -0.05) is 33.3 Å². The van der Waals surface area contributed by atoms with E-state index >= 15 is 0 Å². The Bertz CT molecular complexity index is 702. The van der Waals surface area contributed by atoms with Crippen molar-refractivity contribution in [2.75, 3.05) is 19.0 Å². The van der Waals surface area contributed by atoms with Gasteiger partial charge < -0.3 is 9.47 Å². The molecule has 0 saturated carbocycles. The highest BCUT2D eigenvalue weighted by Gasteiger charge is 2.17. The van der Waals surface area contributed by atoms with Gasteiger partial charge in [-0.25, -0.2) is 9.78 Å². The number of nitrogens with zero attached hydrogens (tertiary/aromatic N) is 1. The molecule has 22 heavy (non-hydrogen) atoms. The van der Waals surface area contributed by atoms with Crippen LogP contribution in [0.4, 0.5) is 5.13 Å². The van der Waals surface area contributed by atoms with E-state index < -0.39 is 5.97 Å². The average Bonchev–Trinajstić information content (AvgIpc) is 2.85. The topological polar surface area (TPSA) is 77.5 Å². The van der Waals surface area contributed by atoms with Gasteiger partial charge in [-0.05, 0) is 25.1 Å². The number of rotatable bonds is 5. The maximum Gasteiger partial charge on any atom is 0.350 e. The molecule has 8 heteroatoms. The highest BCUT2D eigenvalue weighted by molar-refractivity contribution is 9.10. The Morgan fingerprint density at radius 2 is 2.18 bits per heavy atom. The molecule has 2 aromatic rings. The van der Waals surface area contributed by atoms with Gasteiger partial charge in [0.2, 0.25) is 0 Å². The van der Waals surface area contributed by atoms with Crippen LogP contribution in [0.1, 0.15) is 15.4 Å². The maximum atomic E-state index is 11.8. The van der Waals surface area contributed by atoms with Gasteiger partial charge in [0.05, 0.1) is 12.8 Å². The van der Waals surface area contributed by atoms with E-state index in [0.717, 1.165) is 15.8 Å². The summed E-state index contributed by atoms with van der Waals surface area (Å²) < 4.78 is 10.9. The van der Waals surface area contributed by atoms with Gasteiger partial charge in [0.25, 0.3) is 5.91 Å². The molecule has 6 nitrogen and oxygen atoms in total. The number of ether oxygens (including phenoxy) is 2. The monoisotopic (exact) mass is 384 g/mol. The number of aromatic nitrogens is 1. The fourth-order valence-electron chi connectivity index (χ4n) is 1.59. The Kier molecular flexibility index (Phi) is 5.51. The standard InChI is InChI=1S/C14H13BrN2O4S/c1-8-12(13(19)20-2)22-14(16-8)17-11(18)7-21-10-5-3-4-9(15)6-10/h3-6H,7H2,1-2H3,(H,16,17,18). The predicted octanol–water partition coefficient (Wildman–Crippen LogP) is 3.02. The number of esters is 1. The first-order chi connectivity index (χ1) is 10.5. The van der Waals surface area contributed by atoms with Crippen molar-refractivity contribution in [3.05, 3.63) is 39.3 Å². The minimum absolute atomic E-state index is 0.150. The van der Waals surface area contributed by atoms with Gasteiger partial charge in [-0.3, -0.25) is 10.1 Å². The summed E-state index contributed by atoms with van der Waals surface area (Å²) in [7, 11) is 1.30. The quantitative estimate of drug-likeness (QED) is 0.801. The number of aryl methyl sites for hydroxylation is 1. The predicted molar refractivity (Wildman–Crippen MR) is 86.5 cm³/mol. The van der Waals surface area contributed by atoms with Crippen LogP contribution in [0.3, 0.4) is 0 Å². The van der Waals surface area contributed by atoms with E-state index in [9.17, 15) is 9.59 Å². The number of amides is 1. The van der Waals surface area contributed by atoms with E-state index in [1.165, 1.54) is 7.11 Å². The van der Waals surface area contributed by atoms with Crippen LogP contribution in [-0.4, -0.2) is 30.6 Å². The molecule has 1 heterocycles. The molecule has 1 aromatic heterocycles. The normalized spacial score (nSPS) is 10.1. The molecule has 0 aliphatic rings. The van der Waals surface area contributed by atoms with Crippen LogP contribution in [-0.2, 0) is 9.53 Å². The number of methoxy groups -OCH3 is 1. The van der Waals surface area contributed by atoms with Crippen molar-refractivity contribution in [3.8, 4) is 5.75 Å².